The molecule has 1 saturated heterocycles. The Balaban J connectivity index is 2.00. The van der Waals surface area contributed by atoms with Crippen LogP contribution in [0.3, 0.4) is 0 Å². The number of methoxy groups -OCH3 is 1. The Kier molecular flexibility index (Phi) is 4.67. The van der Waals surface area contributed by atoms with Gasteiger partial charge in [0.25, 0.3) is 0 Å². The first kappa shape index (κ1) is 15.2. The number of anilines is 1. The Morgan fingerprint density at radius 1 is 1.43 bits per heavy atom. The number of nitrogens with zero attached hydrogens (tertiary/aromatic N) is 1. The molecule has 1 heterocycles. The van der Waals surface area contributed by atoms with Crippen LogP contribution in [0.25, 0.3) is 0 Å². The van der Waals surface area contributed by atoms with Crippen LogP contribution in [0.15, 0.2) is 24.3 Å². The largest absolute Gasteiger partial charge is 0.497 e. The maximum absolute atomic E-state index is 12.1. The molecule has 0 aliphatic carbocycles. The third-order valence-corrected chi connectivity index (χ3v) is 3.25. The van der Waals surface area contributed by atoms with Crippen LogP contribution in [0, 0.1) is 0 Å². The summed E-state index contributed by atoms with van der Waals surface area (Å²) in [5.74, 6) is 0.701. The van der Waals surface area contributed by atoms with Gasteiger partial charge < -0.3 is 20.3 Å². The topological polar surface area (TPSA) is 70.7 Å². The summed E-state index contributed by atoms with van der Waals surface area (Å²) < 4.78 is 5.17. The molecule has 1 aliphatic heterocycles. The van der Waals surface area contributed by atoms with Crippen LogP contribution >= 0.6 is 0 Å². The lowest BCUT2D eigenvalue weighted by atomic mass is 10.2. The van der Waals surface area contributed by atoms with Crippen molar-refractivity contribution in [3.05, 3.63) is 24.3 Å². The minimum Gasteiger partial charge on any atom is -0.497 e. The molecule has 0 aromatic heterocycles. The molecule has 1 aromatic rings. The highest BCUT2D eigenvalue weighted by Gasteiger charge is 2.31. The van der Waals surface area contributed by atoms with E-state index in [1.54, 1.807) is 12.0 Å². The molecule has 0 bridgehead atoms. The van der Waals surface area contributed by atoms with Crippen molar-refractivity contribution in [2.45, 2.75) is 32.4 Å². The molecule has 1 fully saturated rings. The fraction of sp³-hybridized carbons (Fsp3) is 0.467. The van der Waals surface area contributed by atoms with Gasteiger partial charge in [-0.25, -0.2) is 4.79 Å². The van der Waals surface area contributed by atoms with E-state index in [0.29, 0.717) is 18.7 Å². The Hall–Kier alpha value is -2.24. The number of nitrogens with one attached hydrogen (secondary N) is 2. The van der Waals surface area contributed by atoms with Crippen molar-refractivity contribution in [1.29, 1.82) is 0 Å². The van der Waals surface area contributed by atoms with Gasteiger partial charge in [0, 0.05) is 30.8 Å². The molecule has 0 saturated carbocycles. The van der Waals surface area contributed by atoms with E-state index in [1.165, 1.54) is 0 Å². The lowest BCUT2D eigenvalue weighted by molar-refractivity contribution is -0.117. The van der Waals surface area contributed by atoms with E-state index in [0.717, 1.165) is 5.69 Å². The fourth-order valence-corrected chi connectivity index (χ4v) is 2.32. The number of amides is 3. The van der Waals surface area contributed by atoms with Crippen molar-refractivity contribution in [2.75, 3.05) is 18.6 Å². The number of benzene rings is 1. The monoisotopic (exact) mass is 291 g/mol. The molecule has 0 spiro atoms. The molecule has 3 amide bonds. The average Bonchev–Trinajstić information content (AvgIpc) is 2.78. The predicted octanol–water partition coefficient (Wildman–Crippen LogP) is 1.51. The first-order valence-corrected chi connectivity index (χ1v) is 7.01. The molecule has 2 rings (SSSR count). The summed E-state index contributed by atoms with van der Waals surface area (Å²) in [6.07, 6.45) is 0.308. The standard InChI is InChI=1S/C15H21N3O3/c1-10(2)16-15(20)17-11-7-14(19)18(9-11)12-5-4-6-13(8-12)21-3/h4-6,8,10-11H,7,9H2,1-3H3,(H2,16,17,20). The minimum absolute atomic E-state index is 0.00176. The molecule has 21 heavy (non-hydrogen) atoms. The summed E-state index contributed by atoms with van der Waals surface area (Å²) >= 11 is 0. The number of rotatable bonds is 4. The molecule has 1 atom stereocenters. The molecule has 6 heteroatoms. The van der Waals surface area contributed by atoms with E-state index < -0.39 is 0 Å². The van der Waals surface area contributed by atoms with Crippen LogP contribution in [0.5, 0.6) is 5.75 Å². The summed E-state index contributed by atoms with van der Waals surface area (Å²) in [6.45, 7) is 4.25. The number of carbonyl (C=O) groups is 2. The summed E-state index contributed by atoms with van der Waals surface area (Å²) in [4.78, 5) is 25.5. The van der Waals surface area contributed by atoms with Crippen LogP contribution in [0.4, 0.5) is 10.5 Å². The third-order valence-electron chi connectivity index (χ3n) is 3.25. The summed E-state index contributed by atoms with van der Waals surface area (Å²) in [5, 5.41) is 5.58. The van der Waals surface area contributed by atoms with E-state index in [1.807, 2.05) is 38.1 Å². The zero-order valence-electron chi connectivity index (χ0n) is 12.6. The smallest absolute Gasteiger partial charge is 0.315 e. The highest BCUT2D eigenvalue weighted by atomic mass is 16.5. The highest BCUT2D eigenvalue weighted by molar-refractivity contribution is 5.97. The molecule has 0 radical (unpaired) electrons. The molecule has 6 nitrogen and oxygen atoms in total. The number of hydrogen-bond acceptors (Lipinski definition) is 3. The molecule has 114 valence electrons. The van der Waals surface area contributed by atoms with E-state index >= 15 is 0 Å². The SMILES string of the molecule is COc1cccc(N2CC(NC(=O)NC(C)C)CC2=O)c1. The second kappa shape index (κ2) is 6.47. The van der Waals surface area contributed by atoms with E-state index in [4.69, 9.17) is 4.74 Å². The average molecular weight is 291 g/mol. The van der Waals surface area contributed by atoms with E-state index in [-0.39, 0.29) is 24.0 Å². The van der Waals surface area contributed by atoms with Gasteiger partial charge >= 0.3 is 6.03 Å². The van der Waals surface area contributed by atoms with Gasteiger partial charge in [-0.1, -0.05) is 6.07 Å². The lowest BCUT2D eigenvalue weighted by Crippen LogP contribution is -2.45. The van der Waals surface area contributed by atoms with Gasteiger partial charge in [0.15, 0.2) is 0 Å². The molecule has 2 N–H and O–H groups in total. The molecule has 1 unspecified atom stereocenters. The second-order valence-electron chi connectivity index (χ2n) is 5.38. The van der Waals surface area contributed by atoms with Gasteiger partial charge in [0.2, 0.25) is 5.91 Å². The molecular weight excluding hydrogens is 270 g/mol. The number of carbonyl (C=O) groups excluding carboxylic acids is 2. The fourth-order valence-electron chi connectivity index (χ4n) is 2.32. The molecule has 1 aromatic carbocycles. The van der Waals surface area contributed by atoms with Crippen molar-refractivity contribution in [2.24, 2.45) is 0 Å². The van der Waals surface area contributed by atoms with Crippen LogP contribution < -0.4 is 20.3 Å². The van der Waals surface area contributed by atoms with Gasteiger partial charge in [-0.3, -0.25) is 4.79 Å². The summed E-state index contributed by atoms with van der Waals surface area (Å²) in [5.41, 5.74) is 0.785. The number of urea groups is 1. The van der Waals surface area contributed by atoms with Gasteiger partial charge in [0.05, 0.1) is 13.2 Å². The minimum atomic E-state index is -0.240. The highest BCUT2D eigenvalue weighted by Crippen LogP contribution is 2.25. The quantitative estimate of drug-likeness (QED) is 0.883. The maximum atomic E-state index is 12.1. The third kappa shape index (κ3) is 3.87. The lowest BCUT2D eigenvalue weighted by Gasteiger charge is -2.18. The first-order chi connectivity index (χ1) is 9.99. The summed E-state index contributed by atoms with van der Waals surface area (Å²) in [6, 6.07) is 6.99. The van der Waals surface area contributed by atoms with Crippen LogP contribution in [-0.2, 0) is 4.79 Å². The van der Waals surface area contributed by atoms with Crippen molar-refractivity contribution in [3.63, 3.8) is 0 Å². The number of ether oxygens (including phenoxy) is 1. The zero-order chi connectivity index (χ0) is 15.4. The van der Waals surface area contributed by atoms with Crippen molar-refractivity contribution in [1.82, 2.24) is 10.6 Å². The Morgan fingerprint density at radius 3 is 2.86 bits per heavy atom. The normalized spacial score (nSPS) is 18.0. The van der Waals surface area contributed by atoms with Crippen molar-refractivity contribution >= 4 is 17.6 Å². The van der Waals surface area contributed by atoms with Crippen molar-refractivity contribution < 1.29 is 14.3 Å². The van der Waals surface area contributed by atoms with Crippen molar-refractivity contribution in [3.8, 4) is 5.75 Å². The van der Waals surface area contributed by atoms with Gasteiger partial charge in [-0.15, -0.1) is 0 Å². The van der Waals surface area contributed by atoms with E-state index in [9.17, 15) is 9.59 Å². The van der Waals surface area contributed by atoms with E-state index in [2.05, 4.69) is 10.6 Å². The van der Waals surface area contributed by atoms with Gasteiger partial charge in [-0.05, 0) is 26.0 Å². The van der Waals surface area contributed by atoms with Gasteiger partial charge in [0.1, 0.15) is 5.75 Å². The maximum Gasteiger partial charge on any atom is 0.315 e. The van der Waals surface area contributed by atoms with Crippen LogP contribution in [0.1, 0.15) is 20.3 Å². The van der Waals surface area contributed by atoms with Crippen LogP contribution in [0.2, 0.25) is 0 Å². The molecular formula is C15H21N3O3. The second-order valence-corrected chi connectivity index (χ2v) is 5.38. The zero-order valence-corrected chi connectivity index (χ0v) is 12.6. The Labute approximate surface area is 124 Å². The predicted molar refractivity (Wildman–Crippen MR) is 80.6 cm³/mol. The molecule has 1 aliphatic rings. The first-order valence-electron chi connectivity index (χ1n) is 7.01. The summed E-state index contributed by atoms with van der Waals surface area (Å²) in [7, 11) is 1.59. The number of hydrogen-bond donors (Lipinski definition) is 2. The Bertz CT molecular complexity index is 531. The van der Waals surface area contributed by atoms with Gasteiger partial charge in [-0.2, -0.15) is 0 Å². The Morgan fingerprint density at radius 2 is 2.19 bits per heavy atom. The van der Waals surface area contributed by atoms with Crippen LogP contribution in [-0.4, -0.2) is 37.7 Å².